The lowest BCUT2D eigenvalue weighted by atomic mass is 10.1. The molecule has 0 radical (unpaired) electrons. The van der Waals surface area contributed by atoms with E-state index in [2.05, 4.69) is 9.77 Å². The summed E-state index contributed by atoms with van der Waals surface area (Å²) >= 11 is 0. The van der Waals surface area contributed by atoms with E-state index in [-0.39, 0.29) is 5.56 Å². The fourth-order valence-electron chi connectivity index (χ4n) is 1.50. The molecule has 0 saturated heterocycles. The number of Topliss-reactive ketones (excluding diaryl/α,β-unsaturated/α-hetero) is 2. The zero-order chi connectivity index (χ0) is 11.5. The number of carbonyl (C=O) groups is 2. The summed E-state index contributed by atoms with van der Waals surface area (Å²) in [4.78, 5) is 28.3. The van der Waals surface area contributed by atoms with E-state index in [1.165, 1.54) is 6.20 Å². The number of fused-ring (bicyclic) bond motifs is 1. The van der Waals surface area contributed by atoms with Crippen molar-refractivity contribution in [3.63, 3.8) is 0 Å². The summed E-state index contributed by atoms with van der Waals surface area (Å²) < 4.78 is 0. The van der Waals surface area contributed by atoms with E-state index in [1.54, 1.807) is 18.2 Å². The van der Waals surface area contributed by atoms with E-state index in [0.29, 0.717) is 11.6 Å². The van der Waals surface area contributed by atoms with Gasteiger partial charge in [-0.15, -0.1) is 0 Å². The van der Waals surface area contributed by atoms with Crippen LogP contribution in [0.1, 0.15) is 10.4 Å². The summed E-state index contributed by atoms with van der Waals surface area (Å²) in [7, 11) is 0. The van der Waals surface area contributed by atoms with Crippen LogP contribution in [0.4, 0.5) is 0 Å². The number of benzene rings is 1. The highest BCUT2D eigenvalue weighted by atomic mass is 16.2. The van der Waals surface area contributed by atoms with Crippen molar-refractivity contribution in [3.05, 3.63) is 41.6 Å². The molecule has 0 bridgehead atoms. The standard InChI is InChI=1S/C11H7N3O2/c12-14-6-10(15)11(16)8-5-13-9-4-2-1-3-7(8)9/h1-6,13H. The number of para-hydroxylation sites is 1. The second-order valence-corrected chi connectivity index (χ2v) is 3.19. The highest BCUT2D eigenvalue weighted by Crippen LogP contribution is 2.17. The van der Waals surface area contributed by atoms with E-state index in [9.17, 15) is 9.59 Å². The van der Waals surface area contributed by atoms with Crippen molar-refractivity contribution in [1.82, 2.24) is 4.98 Å². The van der Waals surface area contributed by atoms with Gasteiger partial charge >= 0.3 is 12.0 Å². The maximum Gasteiger partial charge on any atom is 0.331 e. The van der Waals surface area contributed by atoms with Crippen LogP contribution >= 0.6 is 0 Å². The second kappa shape index (κ2) is 3.92. The fraction of sp³-hybridized carbons (Fsp3) is 0. The van der Waals surface area contributed by atoms with Gasteiger partial charge in [-0.2, -0.15) is 4.79 Å². The Balaban J connectivity index is 2.52. The largest absolute Gasteiger partial charge is 0.361 e. The number of nitrogens with one attached hydrogen (secondary N) is 1. The Morgan fingerprint density at radius 2 is 2.06 bits per heavy atom. The van der Waals surface area contributed by atoms with E-state index < -0.39 is 11.6 Å². The molecule has 2 aromatic rings. The van der Waals surface area contributed by atoms with Gasteiger partial charge < -0.3 is 10.5 Å². The van der Waals surface area contributed by atoms with E-state index in [4.69, 9.17) is 5.53 Å². The average Bonchev–Trinajstić information content (AvgIpc) is 2.72. The monoisotopic (exact) mass is 213 g/mol. The zero-order valence-electron chi connectivity index (χ0n) is 8.18. The minimum atomic E-state index is -0.854. The summed E-state index contributed by atoms with van der Waals surface area (Å²) in [6.45, 7) is 0. The van der Waals surface area contributed by atoms with Crippen molar-refractivity contribution in [1.29, 1.82) is 0 Å². The van der Waals surface area contributed by atoms with Gasteiger partial charge in [-0.05, 0) is 6.07 Å². The normalized spacial score (nSPS) is 9.75. The van der Waals surface area contributed by atoms with Crippen LogP contribution in [0.5, 0.6) is 0 Å². The second-order valence-electron chi connectivity index (χ2n) is 3.19. The molecule has 0 aliphatic rings. The molecule has 0 aliphatic carbocycles. The third-order valence-electron chi connectivity index (χ3n) is 2.23. The van der Waals surface area contributed by atoms with Gasteiger partial charge in [-0.1, -0.05) is 18.2 Å². The van der Waals surface area contributed by atoms with E-state index in [0.717, 1.165) is 5.52 Å². The van der Waals surface area contributed by atoms with Crippen molar-refractivity contribution in [2.45, 2.75) is 0 Å². The molecule has 0 unspecified atom stereocenters. The SMILES string of the molecule is [N-]=[N+]=CC(=O)C(=O)c1c[nH]c2ccccc12. The van der Waals surface area contributed by atoms with Crippen molar-refractivity contribution in [2.75, 3.05) is 0 Å². The molecular formula is C11H7N3O2. The summed E-state index contributed by atoms with van der Waals surface area (Å²) in [6.07, 6.45) is 2.06. The molecule has 0 saturated carbocycles. The lowest BCUT2D eigenvalue weighted by Gasteiger charge is -1.91. The Morgan fingerprint density at radius 3 is 2.81 bits per heavy atom. The number of H-pyrrole nitrogens is 1. The fourth-order valence-corrected chi connectivity index (χ4v) is 1.50. The topological polar surface area (TPSA) is 86.3 Å². The lowest BCUT2D eigenvalue weighted by molar-refractivity contribution is -0.112. The Morgan fingerprint density at radius 1 is 1.31 bits per heavy atom. The predicted molar refractivity (Wildman–Crippen MR) is 57.3 cm³/mol. The Labute approximate surface area is 90.3 Å². The van der Waals surface area contributed by atoms with Crippen molar-refractivity contribution >= 4 is 28.7 Å². The number of aromatic amines is 1. The van der Waals surface area contributed by atoms with Gasteiger partial charge in [0.05, 0.1) is 5.56 Å². The summed E-state index contributed by atoms with van der Waals surface area (Å²) in [5.41, 5.74) is 9.24. The minimum Gasteiger partial charge on any atom is -0.361 e. The first kappa shape index (κ1) is 10.0. The Kier molecular flexibility index (Phi) is 2.45. The third-order valence-corrected chi connectivity index (χ3v) is 2.23. The minimum absolute atomic E-state index is 0.278. The van der Waals surface area contributed by atoms with E-state index >= 15 is 0 Å². The van der Waals surface area contributed by atoms with Crippen molar-refractivity contribution in [3.8, 4) is 0 Å². The molecular weight excluding hydrogens is 206 g/mol. The molecule has 2 rings (SSSR count). The predicted octanol–water partition coefficient (Wildman–Crippen LogP) is 1.22. The highest BCUT2D eigenvalue weighted by molar-refractivity contribution is 6.62. The van der Waals surface area contributed by atoms with Crippen molar-refractivity contribution < 1.29 is 14.4 Å². The van der Waals surface area contributed by atoms with Gasteiger partial charge in [-0.25, -0.2) is 0 Å². The molecule has 1 heterocycles. The first-order chi connectivity index (χ1) is 7.74. The smallest absolute Gasteiger partial charge is 0.331 e. The summed E-state index contributed by atoms with van der Waals surface area (Å²) in [5.74, 6) is -1.55. The summed E-state index contributed by atoms with van der Waals surface area (Å²) in [6, 6.07) is 7.14. The van der Waals surface area contributed by atoms with Crippen LogP contribution in [0.25, 0.3) is 16.4 Å². The molecule has 0 aliphatic heterocycles. The number of hydrogen-bond donors (Lipinski definition) is 1. The molecule has 0 fully saturated rings. The first-order valence-electron chi connectivity index (χ1n) is 4.56. The van der Waals surface area contributed by atoms with Gasteiger partial charge in [0.15, 0.2) is 0 Å². The number of ketones is 2. The van der Waals surface area contributed by atoms with Gasteiger partial charge in [0, 0.05) is 17.1 Å². The Hall–Kier alpha value is -2.52. The molecule has 5 nitrogen and oxygen atoms in total. The number of nitrogens with zero attached hydrogens (tertiary/aromatic N) is 2. The van der Waals surface area contributed by atoms with Crippen LogP contribution in [-0.4, -0.2) is 27.6 Å². The number of carbonyl (C=O) groups excluding carboxylic acids is 2. The lowest BCUT2D eigenvalue weighted by Crippen LogP contribution is -2.15. The molecule has 1 aromatic heterocycles. The molecule has 78 valence electrons. The van der Waals surface area contributed by atoms with Crippen LogP contribution in [0, 0.1) is 0 Å². The van der Waals surface area contributed by atoms with Gasteiger partial charge in [0.2, 0.25) is 5.78 Å². The number of aromatic nitrogens is 1. The number of rotatable bonds is 3. The van der Waals surface area contributed by atoms with Crippen molar-refractivity contribution in [2.24, 2.45) is 0 Å². The zero-order valence-corrected chi connectivity index (χ0v) is 8.18. The van der Waals surface area contributed by atoms with E-state index in [1.807, 2.05) is 6.07 Å². The van der Waals surface area contributed by atoms with Gasteiger partial charge in [-0.3, -0.25) is 9.59 Å². The molecule has 0 spiro atoms. The Bertz CT molecular complexity index is 621. The highest BCUT2D eigenvalue weighted by Gasteiger charge is 2.20. The molecule has 0 atom stereocenters. The molecule has 1 aromatic carbocycles. The first-order valence-corrected chi connectivity index (χ1v) is 4.56. The molecule has 0 amide bonds. The van der Waals surface area contributed by atoms with Crippen LogP contribution in [0.3, 0.4) is 0 Å². The molecule has 16 heavy (non-hydrogen) atoms. The summed E-state index contributed by atoms with van der Waals surface area (Å²) in [5, 5.41) is 0.673. The quantitative estimate of drug-likeness (QED) is 0.273. The van der Waals surface area contributed by atoms with Crippen LogP contribution in [-0.2, 0) is 4.79 Å². The van der Waals surface area contributed by atoms with Crippen LogP contribution in [0.2, 0.25) is 0 Å². The molecule has 1 N–H and O–H groups in total. The van der Waals surface area contributed by atoms with Crippen LogP contribution < -0.4 is 0 Å². The maximum atomic E-state index is 11.6. The van der Waals surface area contributed by atoms with Gasteiger partial charge in [0.1, 0.15) is 0 Å². The average molecular weight is 213 g/mol. The molecule has 5 heteroatoms. The maximum absolute atomic E-state index is 11.6. The van der Waals surface area contributed by atoms with Gasteiger partial charge in [0.25, 0.3) is 0 Å². The number of hydrogen-bond acceptors (Lipinski definition) is 2. The third kappa shape index (κ3) is 1.55. The van der Waals surface area contributed by atoms with Crippen LogP contribution in [0.15, 0.2) is 30.5 Å².